The summed E-state index contributed by atoms with van der Waals surface area (Å²) < 4.78 is 17.9. The summed E-state index contributed by atoms with van der Waals surface area (Å²) in [6.45, 7) is 3.09. The number of thiophene rings is 1. The Balaban J connectivity index is 1.58. The van der Waals surface area contributed by atoms with E-state index in [0.717, 1.165) is 21.8 Å². The van der Waals surface area contributed by atoms with Crippen molar-refractivity contribution in [1.82, 2.24) is 15.1 Å². The van der Waals surface area contributed by atoms with E-state index in [1.165, 1.54) is 6.08 Å². The maximum Gasteiger partial charge on any atom is 0.244 e. The number of benzene rings is 1. The zero-order chi connectivity index (χ0) is 21.5. The molecule has 0 spiro atoms. The predicted molar refractivity (Wildman–Crippen MR) is 118 cm³/mol. The number of hydrogen-bond donors (Lipinski definition) is 1. The molecule has 30 heavy (non-hydrogen) atoms. The van der Waals surface area contributed by atoms with Crippen molar-refractivity contribution >= 4 is 23.3 Å². The van der Waals surface area contributed by atoms with E-state index >= 15 is 0 Å². The number of carbonyl (C=O) groups excluding carboxylic acids is 1. The minimum absolute atomic E-state index is 0.188. The van der Waals surface area contributed by atoms with Crippen molar-refractivity contribution in [3.8, 4) is 27.8 Å². The van der Waals surface area contributed by atoms with Gasteiger partial charge in [0.1, 0.15) is 5.69 Å². The second kappa shape index (κ2) is 9.98. The molecule has 0 unspecified atom stereocenters. The van der Waals surface area contributed by atoms with Crippen molar-refractivity contribution in [3.05, 3.63) is 53.0 Å². The SMILES string of the molecule is COc1cc(/C=C/C(=O)NCCn2nc(-c3cccs3)cc2C)cc(OC)c1OC. The monoisotopic (exact) mass is 427 g/mol. The minimum Gasteiger partial charge on any atom is -0.493 e. The molecule has 0 fully saturated rings. The van der Waals surface area contributed by atoms with E-state index in [0.29, 0.717) is 30.3 Å². The summed E-state index contributed by atoms with van der Waals surface area (Å²) in [6, 6.07) is 9.67. The fourth-order valence-corrected chi connectivity index (χ4v) is 3.68. The molecule has 0 bridgehead atoms. The Labute approximate surface area is 179 Å². The maximum absolute atomic E-state index is 12.2. The van der Waals surface area contributed by atoms with E-state index in [1.807, 2.05) is 29.1 Å². The number of nitrogens with one attached hydrogen (secondary N) is 1. The highest BCUT2D eigenvalue weighted by Crippen LogP contribution is 2.38. The van der Waals surface area contributed by atoms with Crippen molar-refractivity contribution in [1.29, 1.82) is 0 Å². The molecule has 2 aromatic heterocycles. The molecule has 0 radical (unpaired) electrons. The van der Waals surface area contributed by atoms with Gasteiger partial charge in [0, 0.05) is 18.3 Å². The highest BCUT2D eigenvalue weighted by atomic mass is 32.1. The van der Waals surface area contributed by atoms with Gasteiger partial charge in [-0.2, -0.15) is 5.10 Å². The zero-order valence-corrected chi connectivity index (χ0v) is 18.3. The number of rotatable bonds is 9. The van der Waals surface area contributed by atoms with Crippen LogP contribution < -0.4 is 19.5 Å². The lowest BCUT2D eigenvalue weighted by Crippen LogP contribution is -2.26. The normalized spacial score (nSPS) is 10.9. The third-order valence-corrected chi connectivity index (χ3v) is 5.38. The van der Waals surface area contributed by atoms with Gasteiger partial charge < -0.3 is 19.5 Å². The van der Waals surface area contributed by atoms with Crippen LogP contribution in [-0.2, 0) is 11.3 Å². The lowest BCUT2D eigenvalue weighted by Gasteiger charge is -2.12. The number of aryl methyl sites for hydroxylation is 1. The molecule has 0 aliphatic rings. The first-order valence-electron chi connectivity index (χ1n) is 9.40. The fourth-order valence-electron chi connectivity index (χ4n) is 2.99. The number of amides is 1. The molecular weight excluding hydrogens is 402 g/mol. The molecule has 8 heteroatoms. The highest BCUT2D eigenvalue weighted by Gasteiger charge is 2.12. The van der Waals surface area contributed by atoms with Gasteiger partial charge in [-0.25, -0.2) is 0 Å². The van der Waals surface area contributed by atoms with Crippen molar-refractivity contribution in [2.45, 2.75) is 13.5 Å². The summed E-state index contributed by atoms with van der Waals surface area (Å²) in [5.41, 5.74) is 2.78. The Morgan fingerprint density at radius 3 is 2.50 bits per heavy atom. The summed E-state index contributed by atoms with van der Waals surface area (Å²) >= 11 is 1.66. The smallest absolute Gasteiger partial charge is 0.244 e. The third kappa shape index (κ3) is 5.01. The van der Waals surface area contributed by atoms with Crippen molar-refractivity contribution in [2.24, 2.45) is 0 Å². The average molecular weight is 428 g/mol. The minimum atomic E-state index is -0.188. The van der Waals surface area contributed by atoms with E-state index < -0.39 is 0 Å². The van der Waals surface area contributed by atoms with Crippen LogP contribution in [0.3, 0.4) is 0 Å². The summed E-state index contributed by atoms with van der Waals surface area (Å²) in [4.78, 5) is 13.3. The molecular formula is C22H25N3O4S. The predicted octanol–water partition coefficient (Wildman–Crippen LogP) is 3.78. The largest absolute Gasteiger partial charge is 0.493 e. The first-order valence-corrected chi connectivity index (χ1v) is 10.3. The van der Waals surface area contributed by atoms with Crippen LogP contribution in [0.1, 0.15) is 11.3 Å². The molecule has 1 amide bonds. The fraction of sp³-hybridized carbons (Fsp3) is 0.273. The molecule has 0 aliphatic heterocycles. The molecule has 3 rings (SSSR count). The van der Waals surface area contributed by atoms with Gasteiger partial charge in [0.05, 0.1) is 32.8 Å². The number of aromatic nitrogens is 2. The van der Waals surface area contributed by atoms with Crippen LogP contribution in [-0.4, -0.2) is 43.6 Å². The van der Waals surface area contributed by atoms with Gasteiger partial charge in [0.15, 0.2) is 11.5 Å². The molecule has 0 saturated heterocycles. The molecule has 0 atom stereocenters. The Morgan fingerprint density at radius 2 is 1.90 bits per heavy atom. The summed E-state index contributed by atoms with van der Waals surface area (Å²) in [6.07, 6.45) is 3.18. The Morgan fingerprint density at radius 1 is 1.17 bits per heavy atom. The number of methoxy groups -OCH3 is 3. The molecule has 1 N–H and O–H groups in total. The van der Waals surface area contributed by atoms with Gasteiger partial charge in [-0.3, -0.25) is 9.48 Å². The summed E-state index contributed by atoms with van der Waals surface area (Å²) in [5, 5.41) is 9.53. The second-order valence-corrected chi connectivity index (χ2v) is 7.40. The third-order valence-electron chi connectivity index (χ3n) is 4.49. The van der Waals surface area contributed by atoms with E-state index in [4.69, 9.17) is 14.2 Å². The van der Waals surface area contributed by atoms with E-state index in [2.05, 4.69) is 16.5 Å². The van der Waals surface area contributed by atoms with Gasteiger partial charge in [0.25, 0.3) is 0 Å². The van der Waals surface area contributed by atoms with Crippen LogP contribution in [0.25, 0.3) is 16.6 Å². The molecule has 7 nitrogen and oxygen atoms in total. The number of carbonyl (C=O) groups is 1. The van der Waals surface area contributed by atoms with Gasteiger partial charge in [0.2, 0.25) is 11.7 Å². The van der Waals surface area contributed by atoms with Crippen molar-refractivity contribution in [2.75, 3.05) is 27.9 Å². The molecule has 158 valence electrons. The van der Waals surface area contributed by atoms with Gasteiger partial charge in [-0.15, -0.1) is 11.3 Å². The highest BCUT2D eigenvalue weighted by molar-refractivity contribution is 7.13. The zero-order valence-electron chi connectivity index (χ0n) is 17.5. The molecule has 3 aromatic rings. The van der Waals surface area contributed by atoms with Gasteiger partial charge in [-0.1, -0.05) is 6.07 Å². The number of hydrogen-bond acceptors (Lipinski definition) is 6. The Bertz CT molecular complexity index is 1000. The van der Waals surface area contributed by atoms with Crippen LogP contribution in [0, 0.1) is 6.92 Å². The first kappa shape index (κ1) is 21.4. The Kier molecular flexibility index (Phi) is 7.13. The van der Waals surface area contributed by atoms with Crippen molar-refractivity contribution in [3.63, 3.8) is 0 Å². The van der Waals surface area contributed by atoms with Crippen molar-refractivity contribution < 1.29 is 19.0 Å². The molecule has 1 aromatic carbocycles. The van der Waals surface area contributed by atoms with E-state index in [-0.39, 0.29) is 5.91 Å². The van der Waals surface area contributed by atoms with Gasteiger partial charge >= 0.3 is 0 Å². The van der Waals surface area contributed by atoms with Crippen LogP contribution >= 0.6 is 11.3 Å². The number of ether oxygens (including phenoxy) is 3. The van der Waals surface area contributed by atoms with Crippen LogP contribution in [0.15, 0.2) is 41.8 Å². The van der Waals surface area contributed by atoms with Crippen LogP contribution in [0.4, 0.5) is 0 Å². The van der Waals surface area contributed by atoms with E-state index in [9.17, 15) is 4.79 Å². The van der Waals surface area contributed by atoms with Crippen LogP contribution in [0.2, 0.25) is 0 Å². The second-order valence-electron chi connectivity index (χ2n) is 6.45. The van der Waals surface area contributed by atoms with E-state index in [1.54, 1.807) is 50.9 Å². The average Bonchev–Trinajstić information content (AvgIpc) is 3.41. The summed E-state index contributed by atoms with van der Waals surface area (Å²) in [5.74, 6) is 1.39. The molecule has 0 aliphatic carbocycles. The molecule has 0 saturated carbocycles. The summed E-state index contributed by atoms with van der Waals surface area (Å²) in [7, 11) is 4.66. The topological polar surface area (TPSA) is 74.6 Å². The standard InChI is InChI=1S/C22H25N3O4S/c1-15-12-17(20-6-5-11-30-20)24-25(15)10-9-23-21(26)8-7-16-13-18(27-2)22(29-4)19(14-16)28-3/h5-8,11-14H,9-10H2,1-4H3,(H,23,26)/b8-7+. The van der Waals surface area contributed by atoms with Crippen LogP contribution in [0.5, 0.6) is 17.2 Å². The molecule has 2 heterocycles. The maximum atomic E-state index is 12.2. The Hall–Kier alpha value is -3.26. The number of nitrogens with zero attached hydrogens (tertiary/aromatic N) is 2. The quantitative estimate of drug-likeness (QED) is 0.526. The van der Waals surface area contributed by atoms with Gasteiger partial charge in [-0.05, 0) is 48.2 Å². The lowest BCUT2D eigenvalue weighted by atomic mass is 10.1. The first-order chi connectivity index (χ1) is 14.5. The lowest BCUT2D eigenvalue weighted by molar-refractivity contribution is -0.116.